The second-order valence-corrected chi connectivity index (χ2v) is 8.56. The number of hydrogen-bond donors (Lipinski definition) is 0. The van der Waals surface area contributed by atoms with E-state index in [0.717, 1.165) is 36.1 Å². The summed E-state index contributed by atoms with van der Waals surface area (Å²) in [5.41, 5.74) is 1.49. The number of aromatic nitrogens is 1. The van der Waals surface area contributed by atoms with Gasteiger partial charge in [-0.15, -0.1) is 11.3 Å². The van der Waals surface area contributed by atoms with Crippen LogP contribution in [0.4, 0.5) is 13.2 Å². The molecule has 0 fully saturated rings. The third-order valence-corrected chi connectivity index (χ3v) is 5.76. The van der Waals surface area contributed by atoms with Crippen LogP contribution in [0.2, 0.25) is 5.02 Å². The summed E-state index contributed by atoms with van der Waals surface area (Å²) in [6.07, 6.45) is -4.18. The molecule has 34 heavy (non-hydrogen) atoms. The molecule has 0 spiro atoms. The largest absolute Gasteiger partial charge is 0.489 e. The standard InChI is InChI=1S/C23H20ClF3N2O4S/c1-15(30)33-21(13-32-18-8-6-17(7-9-18)23(25,26)27)22(31)29(12-19-10-28-14-34-19)11-16-4-2-3-5-20(16)24/h2-10,14,21H,11-13H2,1H3. The second-order valence-electron chi connectivity index (χ2n) is 7.18. The van der Waals surface area contributed by atoms with Crippen LogP contribution in [0.25, 0.3) is 0 Å². The average Bonchev–Trinajstić information content (AvgIpc) is 3.30. The normalized spacial score (nSPS) is 12.1. The summed E-state index contributed by atoms with van der Waals surface area (Å²) in [6, 6.07) is 11.0. The summed E-state index contributed by atoms with van der Waals surface area (Å²) in [4.78, 5) is 31.3. The highest BCUT2D eigenvalue weighted by molar-refractivity contribution is 7.09. The van der Waals surface area contributed by atoms with Crippen LogP contribution in [0.5, 0.6) is 5.75 Å². The number of thiazole rings is 1. The van der Waals surface area contributed by atoms with E-state index < -0.39 is 29.7 Å². The van der Waals surface area contributed by atoms with Crippen LogP contribution in [0.1, 0.15) is 22.9 Å². The molecule has 0 aliphatic rings. The summed E-state index contributed by atoms with van der Waals surface area (Å²) >= 11 is 7.62. The van der Waals surface area contributed by atoms with Crippen molar-refractivity contribution in [3.8, 4) is 5.75 Å². The van der Waals surface area contributed by atoms with Gasteiger partial charge in [0.2, 0.25) is 6.10 Å². The van der Waals surface area contributed by atoms with Gasteiger partial charge in [-0.1, -0.05) is 29.8 Å². The SMILES string of the molecule is CC(=O)OC(COc1ccc(C(F)(F)F)cc1)C(=O)N(Cc1cncs1)Cc1ccccc1Cl. The van der Waals surface area contributed by atoms with Crippen molar-refractivity contribution in [3.05, 3.63) is 81.3 Å². The fourth-order valence-corrected chi connectivity index (χ4v) is 3.83. The number of alkyl halides is 3. The fourth-order valence-electron chi connectivity index (χ4n) is 3.02. The minimum atomic E-state index is -4.48. The highest BCUT2D eigenvalue weighted by Crippen LogP contribution is 2.30. The first-order valence-electron chi connectivity index (χ1n) is 10.0. The van der Waals surface area contributed by atoms with Gasteiger partial charge >= 0.3 is 12.1 Å². The maximum atomic E-state index is 13.4. The van der Waals surface area contributed by atoms with Crippen LogP contribution in [-0.2, 0) is 33.6 Å². The van der Waals surface area contributed by atoms with Crippen molar-refractivity contribution in [2.45, 2.75) is 32.3 Å². The van der Waals surface area contributed by atoms with Crippen LogP contribution in [-0.4, -0.2) is 34.5 Å². The highest BCUT2D eigenvalue weighted by atomic mass is 35.5. The summed E-state index contributed by atoms with van der Waals surface area (Å²) < 4.78 is 49.0. The van der Waals surface area contributed by atoms with Crippen molar-refractivity contribution in [1.82, 2.24) is 9.88 Å². The number of carbonyl (C=O) groups is 2. The Kier molecular flexibility index (Phi) is 8.51. The molecular formula is C23H20ClF3N2O4S. The lowest BCUT2D eigenvalue weighted by Gasteiger charge is -2.27. The Labute approximate surface area is 202 Å². The number of nitrogens with zero attached hydrogens (tertiary/aromatic N) is 2. The first-order chi connectivity index (χ1) is 16.1. The van der Waals surface area contributed by atoms with E-state index in [1.807, 2.05) is 0 Å². The minimum absolute atomic E-state index is 0.0954. The van der Waals surface area contributed by atoms with Gasteiger partial charge in [-0.3, -0.25) is 14.6 Å². The van der Waals surface area contributed by atoms with Gasteiger partial charge in [-0.25, -0.2) is 0 Å². The van der Waals surface area contributed by atoms with Crippen molar-refractivity contribution in [3.63, 3.8) is 0 Å². The molecule has 1 heterocycles. The van der Waals surface area contributed by atoms with Gasteiger partial charge in [0.15, 0.2) is 0 Å². The number of carbonyl (C=O) groups excluding carboxylic acids is 2. The van der Waals surface area contributed by atoms with Gasteiger partial charge in [0.1, 0.15) is 12.4 Å². The zero-order chi connectivity index (χ0) is 24.7. The molecule has 3 aromatic rings. The summed E-state index contributed by atoms with van der Waals surface area (Å²) in [7, 11) is 0. The van der Waals surface area contributed by atoms with Crippen LogP contribution in [0, 0.1) is 0 Å². The predicted molar refractivity (Wildman–Crippen MR) is 120 cm³/mol. The molecule has 0 radical (unpaired) electrons. The van der Waals surface area contributed by atoms with E-state index in [0.29, 0.717) is 10.6 Å². The number of benzene rings is 2. The minimum Gasteiger partial charge on any atom is -0.489 e. The Bertz CT molecular complexity index is 1110. The van der Waals surface area contributed by atoms with Crippen LogP contribution >= 0.6 is 22.9 Å². The molecular weight excluding hydrogens is 493 g/mol. The van der Waals surface area contributed by atoms with Gasteiger partial charge in [-0.2, -0.15) is 13.2 Å². The number of ether oxygens (including phenoxy) is 2. The summed E-state index contributed by atoms with van der Waals surface area (Å²) in [6.45, 7) is 1.09. The van der Waals surface area contributed by atoms with Gasteiger partial charge in [-0.05, 0) is 35.9 Å². The molecule has 0 N–H and O–H groups in total. The lowest BCUT2D eigenvalue weighted by molar-refractivity contribution is -0.161. The smallest absolute Gasteiger partial charge is 0.416 e. The molecule has 2 aromatic carbocycles. The Morgan fingerprint density at radius 2 is 1.82 bits per heavy atom. The van der Waals surface area contributed by atoms with Gasteiger partial charge < -0.3 is 14.4 Å². The van der Waals surface area contributed by atoms with E-state index in [2.05, 4.69) is 4.98 Å². The maximum absolute atomic E-state index is 13.4. The Balaban J connectivity index is 1.78. The molecule has 180 valence electrons. The number of halogens is 4. The van der Waals surface area contributed by atoms with Gasteiger partial charge in [0.25, 0.3) is 5.91 Å². The zero-order valence-electron chi connectivity index (χ0n) is 17.9. The first kappa shape index (κ1) is 25.5. The summed E-state index contributed by atoms with van der Waals surface area (Å²) in [5.74, 6) is -1.15. The molecule has 0 saturated carbocycles. The lowest BCUT2D eigenvalue weighted by Crippen LogP contribution is -2.43. The van der Waals surface area contributed by atoms with E-state index in [-0.39, 0.29) is 25.4 Å². The number of hydrogen-bond acceptors (Lipinski definition) is 6. The van der Waals surface area contributed by atoms with E-state index in [4.69, 9.17) is 21.1 Å². The van der Waals surface area contributed by atoms with Crippen LogP contribution < -0.4 is 4.74 Å². The molecule has 3 rings (SSSR count). The first-order valence-corrected chi connectivity index (χ1v) is 11.3. The van der Waals surface area contributed by atoms with Crippen molar-refractivity contribution in [2.75, 3.05) is 6.61 Å². The third-order valence-electron chi connectivity index (χ3n) is 4.63. The molecule has 0 saturated heterocycles. The van der Waals surface area contributed by atoms with Crippen molar-refractivity contribution in [2.24, 2.45) is 0 Å². The number of rotatable bonds is 9. The van der Waals surface area contributed by atoms with E-state index in [9.17, 15) is 22.8 Å². The fraction of sp³-hybridized carbons (Fsp3) is 0.261. The monoisotopic (exact) mass is 512 g/mol. The van der Waals surface area contributed by atoms with Gasteiger partial charge in [0.05, 0.1) is 17.6 Å². The molecule has 1 unspecified atom stereocenters. The molecule has 0 aliphatic carbocycles. The number of amides is 1. The van der Waals surface area contributed by atoms with E-state index >= 15 is 0 Å². The average molecular weight is 513 g/mol. The zero-order valence-corrected chi connectivity index (χ0v) is 19.5. The van der Waals surface area contributed by atoms with Crippen LogP contribution in [0.15, 0.2) is 60.2 Å². The van der Waals surface area contributed by atoms with Gasteiger partial charge in [0, 0.05) is 29.6 Å². The molecule has 1 atom stereocenters. The maximum Gasteiger partial charge on any atom is 0.416 e. The number of esters is 1. The second kappa shape index (κ2) is 11.3. The molecule has 1 amide bonds. The quantitative estimate of drug-likeness (QED) is 0.361. The Hall–Kier alpha value is -3.11. The molecule has 1 aromatic heterocycles. The van der Waals surface area contributed by atoms with Crippen molar-refractivity contribution in [1.29, 1.82) is 0 Å². The summed E-state index contributed by atoms with van der Waals surface area (Å²) in [5, 5.41) is 0.467. The van der Waals surface area contributed by atoms with Crippen molar-refractivity contribution < 1.29 is 32.2 Å². The molecule has 0 aliphatic heterocycles. The molecule has 11 heteroatoms. The predicted octanol–water partition coefficient (Wildman–Crippen LogP) is 5.35. The third kappa shape index (κ3) is 7.19. The Morgan fingerprint density at radius 3 is 2.41 bits per heavy atom. The lowest BCUT2D eigenvalue weighted by atomic mass is 10.2. The van der Waals surface area contributed by atoms with E-state index in [1.54, 1.807) is 36.0 Å². The van der Waals surface area contributed by atoms with Crippen LogP contribution in [0.3, 0.4) is 0 Å². The molecule has 6 nitrogen and oxygen atoms in total. The van der Waals surface area contributed by atoms with Crippen molar-refractivity contribution >= 4 is 34.8 Å². The van der Waals surface area contributed by atoms with E-state index in [1.165, 1.54) is 16.2 Å². The Morgan fingerprint density at radius 1 is 1.12 bits per heavy atom. The topological polar surface area (TPSA) is 68.7 Å². The molecule has 0 bridgehead atoms. The highest BCUT2D eigenvalue weighted by Gasteiger charge is 2.31.